The SMILES string of the molecule is COC(=O)C(C/C=C/C1CC1)C(=O)OC. The molecule has 0 heterocycles. The van der Waals surface area contributed by atoms with E-state index in [0.717, 1.165) is 0 Å². The first kappa shape index (κ1) is 11.8. The lowest BCUT2D eigenvalue weighted by Crippen LogP contribution is -2.25. The highest BCUT2D eigenvalue weighted by Crippen LogP contribution is 2.30. The van der Waals surface area contributed by atoms with E-state index in [0.29, 0.717) is 12.3 Å². The standard InChI is InChI=1S/C11H16O4/c1-14-10(12)9(11(13)15-2)5-3-4-8-6-7-8/h3-4,8-9H,5-7H2,1-2H3/b4-3+. The molecule has 0 unspecified atom stereocenters. The van der Waals surface area contributed by atoms with Crippen molar-refractivity contribution in [2.75, 3.05) is 14.2 Å². The highest BCUT2D eigenvalue weighted by molar-refractivity contribution is 5.94. The Morgan fingerprint density at radius 3 is 2.20 bits per heavy atom. The zero-order valence-corrected chi connectivity index (χ0v) is 9.06. The fourth-order valence-electron chi connectivity index (χ4n) is 1.27. The van der Waals surface area contributed by atoms with Crippen LogP contribution in [0.25, 0.3) is 0 Å². The van der Waals surface area contributed by atoms with Gasteiger partial charge in [-0.05, 0) is 25.2 Å². The van der Waals surface area contributed by atoms with Gasteiger partial charge in [0.1, 0.15) is 0 Å². The summed E-state index contributed by atoms with van der Waals surface area (Å²) in [5, 5.41) is 0. The Kier molecular flexibility index (Phi) is 4.34. The lowest BCUT2D eigenvalue weighted by Gasteiger charge is -2.09. The summed E-state index contributed by atoms with van der Waals surface area (Å²) in [6.07, 6.45) is 6.67. The third kappa shape index (κ3) is 3.73. The van der Waals surface area contributed by atoms with Crippen LogP contribution in [0.1, 0.15) is 19.3 Å². The Balaban J connectivity index is 2.47. The second-order valence-electron chi connectivity index (χ2n) is 3.60. The summed E-state index contributed by atoms with van der Waals surface area (Å²) < 4.78 is 9.07. The quantitative estimate of drug-likeness (QED) is 0.391. The van der Waals surface area contributed by atoms with Crippen molar-refractivity contribution in [3.63, 3.8) is 0 Å². The monoisotopic (exact) mass is 212 g/mol. The highest BCUT2D eigenvalue weighted by Gasteiger charge is 2.27. The molecule has 1 fully saturated rings. The van der Waals surface area contributed by atoms with Crippen molar-refractivity contribution in [2.24, 2.45) is 11.8 Å². The molecular formula is C11H16O4. The van der Waals surface area contributed by atoms with Crippen LogP contribution in [0.2, 0.25) is 0 Å². The number of allylic oxidation sites excluding steroid dienone is 2. The third-order valence-electron chi connectivity index (χ3n) is 2.37. The maximum Gasteiger partial charge on any atom is 0.320 e. The molecule has 1 aliphatic rings. The number of esters is 2. The van der Waals surface area contributed by atoms with Gasteiger partial charge in [0.05, 0.1) is 14.2 Å². The van der Waals surface area contributed by atoms with E-state index in [-0.39, 0.29) is 0 Å². The van der Waals surface area contributed by atoms with Crippen LogP contribution in [0.4, 0.5) is 0 Å². The number of methoxy groups -OCH3 is 2. The Labute approximate surface area is 89.2 Å². The van der Waals surface area contributed by atoms with Gasteiger partial charge in [-0.25, -0.2) is 0 Å². The molecule has 0 atom stereocenters. The molecule has 0 N–H and O–H groups in total. The van der Waals surface area contributed by atoms with E-state index in [2.05, 4.69) is 9.47 Å². The number of rotatable bonds is 5. The molecule has 4 heteroatoms. The van der Waals surface area contributed by atoms with Gasteiger partial charge in [-0.3, -0.25) is 9.59 Å². The summed E-state index contributed by atoms with van der Waals surface area (Å²) in [5.41, 5.74) is 0. The van der Waals surface area contributed by atoms with Gasteiger partial charge in [0.2, 0.25) is 0 Å². The van der Waals surface area contributed by atoms with Crippen molar-refractivity contribution in [2.45, 2.75) is 19.3 Å². The van der Waals surface area contributed by atoms with E-state index in [1.54, 1.807) is 0 Å². The Morgan fingerprint density at radius 2 is 1.80 bits per heavy atom. The minimum Gasteiger partial charge on any atom is -0.468 e. The topological polar surface area (TPSA) is 52.6 Å². The zero-order valence-electron chi connectivity index (χ0n) is 9.06. The molecule has 0 spiro atoms. The van der Waals surface area contributed by atoms with E-state index in [9.17, 15) is 9.59 Å². The molecule has 0 aromatic heterocycles. The number of carbonyl (C=O) groups is 2. The normalized spacial score (nSPS) is 15.7. The average Bonchev–Trinajstić information content (AvgIpc) is 3.06. The Hall–Kier alpha value is -1.32. The molecule has 84 valence electrons. The molecule has 1 saturated carbocycles. The highest BCUT2D eigenvalue weighted by atomic mass is 16.5. The number of hydrogen-bond acceptors (Lipinski definition) is 4. The van der Waals surface area contributed by atoms with Gasteiger partial charge in [-0.1, -0.05) is 12.2 Å². The van der Waals surface area contributed by atoms with Crippen LogP contribution < -0.4 is 0 Å². The minimum atomic E-state index is -0.824. The van der Waals surface area contributed by atoms with Crippen LogP contribution in [0.15, 0.2) is 12.2 Å². The van der Waals surface area contributed by atoms with Crippen LogP contribution in [0, 0.1) is 11.8 Å². The summed E-state index contributed by atoms with van der Waals surface area (Å²) in [6, 6.07) is 0. The van der Waals surface area contributed by atoms with Crippen LogP contribution in [0.5, 0.6) is 0 Å². The molecule has 0 aliphatic heterocycles. The number of hydrogen-bond donors (Lipinski definition) is 0. The molecule has 0 radical (unpaired) electrons. The molecule has 15 heavy (non-hydrogen) atoms. The molecule has 1 aliphatic carbocycles. The molecule has 0 bridgehead atoms. The smallest absolute Gasteiger partial charge is 0.320 e. The summed E-state index contributed by atoms with van der Waals surface area (Å²) in [4.78, 5) is 22.5. The average molecular weight is 212 g/mol. The van der Waals surface area contributed by atoms with Crippen molar-refractivity contribution in [3.05, 3.63) is 12.2 Å². The predicted octanol–water partition coefficient (Wildman–Crippen LogP) is 1.30. The van der Waals surface area contributed by atoms with Crippen molar-refractivity contribution in [3.8, 4) is 0 Å². The first-order chi connectivity index (χ1) is 7.19. The van der Waals surface area contributed by atoms with E-state index in [1.165, 1.54) is 27.1 Å². The fourth-order valence-corrected chi connectivity index (χ4v) is 1.27. The Morgan fingerprint density at radius 1 is 1.27 bits per heavy atom. The zero-order chi connectivity index (χ0) is 11.3. The van der Waals surface area contributed by atoms with Gasteiger partial charge in [-0.15, -0.1) is 0 Å². The summed E-state index contributed by atoms with van der Waals surface area (Å²) in [6.45, 7) is 0. The minimum absolute atomic E-state index is 0.357. The lowest BCUT2D eigenvalue weighted by molar-refractivity contribution is -0.158. The van der Waals surface area contributed by atoms with Crippen molar-refractivity contribution in [1.82, 2.24) is 0 Å². The molecule has 0 saturated heterocycles. The maximum absolute atomic E-state index is 11.2. The number of carbonyl (C=O) groups excluding carboxylic acids is 2. The molecule has 1 rings (SSSR count). The third-order valence-corrected chi connectivity index (χ3v) is 2.37. The summed E-state index contributed by atoms with van der Waals surface area (Å²) >= 11 is 0. The fraction of sp³-hybridized carbons (Fsp3) is 0.636. The molecule has 0 aromatic rings. The first-order valence-corrected chi connectivity index (χ1v) is 5.01. The van der Waals surface area contributed by atoms with Crippen molar-refractivity contribution in [1.29, 1.82) is 0 Å². The summed E-state index contributed by atoms with van der Waals surface area (Å²) in [5.74, 6) is -1.26. The molecule has 4 nitrogen and oxygen atoms in total. The van der Waals surface area contributed by atoms with E-state index >= 15 is 0 Å². The van der Waals surface area contributed by atoms with Crippen LogP contribution >= 0.6 is 0 Å². The van der Waals surface area contributed by atoms with Crippen LogP contribution in [-0.2, 0) is 19.1 Å². The maximum atomic E-state index is 11.2. The van der Waals surface area contributed by atoms with E-state index in [1.807, 2.05) is 12.2 Å². The van der Waals surface area contributed by atoms with E-state index in [4.69, 9.17) is 0 Å². The lowest BCUT2D eigenvalue weighted by atomic mass is 10.1. The number of ether oxygens (including phenoxy) is 2. The van der Waals surface area contributed by atoms with Gasteiger partial charge in [-0.2, -0.15) is 0 Å². The largest absolute Gasteiger partial charge is 0.468 e. The molecule has 0 aromatic carbocycles. The van der Waals surface area contributed by atoms with Crippen molar-refractivity contribution >= 4 is 11.9 Å². The Bertz CT molecular complexity index is 250. The van der Waals surface area contributed by atoms with Gasteiger partial charge in [0, 0.05) is 0 Å². The molecule has 0 amide bonds. The predicted molar refractivity (Wildman–Crippen MR) is 54.0 cm³/mol. The van der Waals surface area contributed by atoms with Crippen LogP contribution in [0.3, 0.4) is 0 Å². The van der Waals surface area contributed by atoms with Crippen LogP contribution in [-0.4, -0.2) is 26.2 Å². The van der Waals surface area contributed by atoms with Crippen molar-refractivity contribution < 1.29 is 19.1 Å². The second kappa shape index (κ2) is 5.53. The first-order valence-electron chi connectivity index (χ1n) is 5.01. The van der Waals surface area contributed by atoms with Gasteiger partial charge in [0.15, 0.2) is 5.92 Å². The van der Waals surface area contributed by atoms with Gasteiger partial charge >= 0.3 is 11.9 Å². The second-order valence-corrected chi connectivity index (χ2v) is 3.60. The van der Waals surface area contributed by atoms with Gasteiger partial charge < -0.3 is 9.47 Å². The molecular weight excluding hydrogens is 196 g/mol. The summed E-state index contributed by atoms with van der Waals surface area (Å²) in [7, 11) is 2.53. The van der Waals surface area contributed by atoms with Gasteiger partial charge in [0.25, 0.3) is 0 Å². The van der Waals surface area contributed by atoms with E-state index < -0.39 is 17.9 Å².